The zero-order valence-corrected chi connectivity index (χ0v) is 13.0. The summed E-state index contributed by atoms with van der Waals surface area (Å²) in [7, 11) is -0.140. The summed E-state index contributed by atoms with van der Waals surface area (Å²) in [6, 6.07) is 6.06. The molecule has 0 bridgehead atoms. The van der Waals surface area contributed by atoms with Crippen LogP contribution in [0.25, 0.3) is 0 Å². The molecule has 6 heteroatoms. The van der Waals surface area contributed by atoms with Crippen LogP contribution >= 0.6 is 22.2 Å². The molecule has 1 aromatic rings. The topological polar surface area (TPSA) is 63.6 Å². The smallest absolute Gasteiger partial charge is 0.344 e. The molecule has 1 heterocycles. The number of carboxylic acid groups (broad SMARTS) is 1. The van der Waals surface area contributed by atoms with Crippen LogP contribution in [0.15, 0.2) is 36.4 Å². The van der Waals surface area contributed by atoms with E-state index in [1.54, 1.807) is 17.7 Å². The third-order valence-corrected chi connectivity index (χ3v) is 6.09. The minimum Gasteiger partial charge on any atom is -0.478 e. The normalized spacial score (nSPS) is 19.0. The molecule has 1 aliphatic heterocycles. The van der Waals surface area contributed by atoms with Crippen LogP contribution in [0.1, 0.15) is 20.7 Å². The zero-order chi connectivity index (χ0) is 15.2. The fourth-order valence-corrected chi connectivity index (χ4v) is 5.01. The van der Waals surface area contributed by atoms with Crippen molar-refractivity contribution < 1.29 is 19.4 Å². The standard InChI is InChI=1S/C15H16O4S2/c1-11-8-20-6-7-21(9-11)10-19-15(18)13-5-3-2-4-12(13)14(16)17/h2-5,10H,1,6-9H2,(H,16,17). The monoisotopic (exact) mass is 324 g/mol. The molecular weight excluding hydrogens is 308 g/mol. The van der Waals surface area contributed by atoms with Crippen LogP contribution < -0.4 is 0 Å². The Morgan fingerprint density at radius 1 is 1.33 bits per heavy atom. The van der Waals surface area contributed by atoms with Gasteiger partial charge in [0.2, 0.25) is 0 Å². The molecule has 1 atom stereocenters. The number of carboxylic acids is 1. The van der Waals surface area contributed by atoms with E-state index in [4.69, 9.17) is 9.84 Å². The number of esters is 1. The minimum atomic E-state index is -1.13. The van der Waals surface area contributed by atoms with Crippen molar-refractivity contribution in [3.8, 4) is 0 Å². The van der Waals surface area contributed by atoms with Gasteiger partial charge in [-0.2, -0.15) is 11.8 Å². The third kappa shape index (κ3) is 4.47. The van der Waals surface area contributed by atoms with Gasteiger partial charge in [0, 0.05) is 23.0 Å². The number of aromatic carboxylic acids is 1. The number of ether oxygens (including phenoxy) is 1. The average molecular weight is 324 g/mol. The first kappa shape index (κ1) is 15.9. The lowest BCUT2D eigenvalue weighted by Crippen LogP contribution is -2.11. The van der Waals surface area contributed by atoms with Crippen molar-refractivity contribution in [2.24, 2.45) is 0 Å². The van der Waals surface area contributed by atoms with Gasteiger partial charge in [-0.3, -0.25) is 0 Å². The number of carbonyl (C=O) groups excluding carboxylic acids is 1. The van der Waals surface area contributed by atoms with Crippen LogP contribution in [-0.2, 0) is 4.74 Å². The highest BCUT2D eigenvalue weighted by molar-refractivity contribution is 8.16. The highest BCUT2D eigenvalue weighted by atomic mass is 32.2. The molecule has 1 fully saturated rings. The van der Waals surface area contributed by atoms with Crippen LogP contribution in [0.2, 0.25) is 0 Å². The summed E-state index contributed by atoms with van der Waals surface area (Å²) >= 11 is 1.83. The Bertz CT molecular complexity index is 607. The van der Waals surface area contributed by atoms with Gasteiger partial charge in [-0.1, -0.05) is 24.3 Å². The molecule has 1 unspecified atom stereocenters. The Hall–Kier alpha value is -1.53. The van der Waals surface area contributed by atoms with Crippen LogP contribution in [0.5, 0.6) is 0 Å². The third-order valence-electron chi connectivity index (χ3n) is 2.85. The van der Waals surface area contributed by atoms with E-state index < -0.39 is 11.9 Å². The summed E-state index contributed by atoms with van der Waals surface area (Å²) in [5, 5.41) is 9.07. The molecule has 1 N–H and O–H groups in total. The Balaban J connectivity index is 2.11. The molecule has 1 saturated heterocycles. The minimum absolute atomic E-state index is 0.0416. The zero-order valence-electron chi connectivity index (χ0n) is 11.4. The van der Waals surface area contributed by atoms with Crippen molar-refractivity contribution >= 4 is 39.7 Å². The first-order chi connectivity index (χ1) is 10.1. The molecule has 0 amide bonds. The molecule has 0 radical (unpaired) electrons. The van der Waals surface area contributed by atoms with Gasteiger partial charge >= 0.3 is 11.9 Å². The Morgan fingerprint density at radius 2 is 2.05 bits per heavy atom. The fourth-order valence-electron chi connectivity index (χ4n) is 1.86. The van der Waals surface area contributed by atoms with Crippen molar-refractivity contribution in [2.45, 2.75) is 0 Å². The van der Waals surface area contributed by atoms with Crippen LogP contribution in [0.4, 0.5) is 0 Å². The predicted molar refractivity (Wildman–Crippen MR) is 88.7 cm³/mol. The largest absolute Gasteiger partial charge is 0.478 e. The van der Waals surface area contributed by atoms with Crippen molar-refractivity contribution in [3.63, 3.8) is 0 Å². The van der Waals surface area contributed by atoms with E-state index in [1.165, 1.54) is 12.1 Å². The number of benzene rings is 1. The Kier molecular flexibility index (Phi) is 5.64. The Morgan fingerprint density at radius 3 is 2.76 bits per heavy atom. The van der Waals surface area contributed by atoms with Crippen LogP contribution in [-0.4, -0.2) is 45.6 Å². The number of rotatable bonds is 3. The van der Waals surface area contributed by atoms with Gasteiger partial charge in [0.05, 0.1) is 11.1 Å². The highest BCUT2D eigenvalue weighted by Gasteiger charge is 2.17. The Labute approximate surface area is 130 Å². The first-order valence-electron chi connectivity index (χ1n) is 6.35. The summed E-state index contributed by atoms with van der Waals surface area (Å²) in [4.78, 5) is 23.1. The quantitative estimate of drug-likeness (QED) is 0.526. The van der Waals surface area contributed by atoms with Gasteiger partial charge in [0.1, 0.15) is 5.55 Å². The molecule has 1 aromatic carbocycles. The van der Waals surface area contributed by atoms with Crippen molar-refractivity contribution in [1.29, 1.82) is 0 Å². The molecule has 0 spiro atoms. The van der Waals surface area contributed by atoms with Crippen LogP contribution in [0, 0.1) is 0 Å². The van der Waals surface area contributed by atoms with Gasteiger partial charge in [0.15, 0.2) is 0 Å². The lowest BCUT2D eigenvalue weighted by molar-refractivity contribution is 0.0667. The van der Waals surface area contributed by atoms with Crippen molar-refractivity contribution in [1.82, 2.24) is 0 Å². The molecule has 21 heavy (non-hydrogen) atoms. The van der Waals surface area contributed by atoms with Crippen LogP contribution in [0.3, 0.4) is 0 Å². The second kappa shape index (κ2) is 7.47. The van der Waals surface area contributed by atoms with E-state index in [2.05, 4.69) is 6.58 Å². The van der Waals surface area contributed by atoms with E-state index in [1.807, 2.05) is 11.8 Å². The maximum atomic E-state index is 12.0. The lowest BCUT2D eigenvalue weighted by Gasteiger charge is -2.07. The number of carbonyl (C=O) groups is 2. The summed E-state index contributed by atoms with van der Waals surface area (Å²) in [5.41, 5.74) is 2.74. The SMILES string of the molecule is C=C1CSCCS(=COC(=O)c2ccccc2C(=O)O)C1. The van der Waals surface area contributed by atoms with Gasteiger partial charge in [-0.25, -0.2) is 9.59 Å². The second-order valence-corrected chi connectivity index (χ2v) is 7.61. The maximum Gasteiger partial charge on any atom is 0.344 e. The molecule has 112 valence electrons. The number of hydrogen-bond donors (Lipinski definition) is 1. The van der Waals surface area contributed by atoms with Gasteiger partial charge in [-0.15, -0.1) is 10.5 Å². The van der Waals surface area contributed by atoms with E-state index in [9.17, 15) is 9.59 Å². The second-order valence-electron chi connectivity index (χ2n) is 4.54. The average Bonchev–Trinajstić information content (AvgIpc) is 2.69. The number of hydrogen-bond acceptors (Lipinski definition) is 4. The van der Waals surface area contributed by atoms with Gasteiger partial charge in [0.25, 0.3) is 0 Å². The molecule has 2 rings (SSSR count). The summed E-state index contributed by atoms with van der Waals surface area (Å²) < 4.78 is 5.20. The van der Waals surface area contributed by atoms with Crippen molar-refractivity contribution in [2.75, 3.05) is 23.0 Å². The molecule has 0 aromatic heterocycles. The highest BCUT2D eigenvalue weighted by Crippen LogP contribution is 2.25. The molecule has 1 aliphatic rings. The van der Waals surface area contributed by atoms with E-state index in [0.29, 0.717) is 0 Å². The summed E-state index contributed by atoms with van der Waals surface area (Å²) in [5.74, 6) is 2.00. The lowest BCUT2D eigenvalue weighted by atomic mass is 10.1. The predicted octanol–water partition coefficient (Wildman–Crippen LogP) is 2.87. The van der Waals surface area contributed by atoms with Gasteiger partial charge in [-0.05, 0) is 12.1 Å². The van der Waals surface area contributed by atoms with Gasteiger partial charge < -0.3 is 9.84 Å². The number of thioether (sulfide) groups is 1. The molecular formula is C15H16O4S2. The molecule has 0 saturated carbocycles. The molecule has 0 aliphatic carbocycles. The maximum absolute atomic E-state index is 12.0. The summed E-state index contributed by atoms with van der Waals surface area (Å²) in [6.07, 6.45) is 0. The first-order valence-corrected chi connectivity index (χ1v) is 9.13. The van der Waals surface area contributed by atoms with E-state index >= 15 is 0 Å². The van der Waals surface area contributed by atoms with E-state index in [-0.39, 0.29) is 21.6 Å². The van der Waals surface area contributed by atoms with E-state index in [0.717, 1.165) is 28.6 Å². The van der Waals surface area contributed by atoms with Crippen molar-refractivity contribution in [3.05, 3.63) is 47.5 Å². The summed E-state index contributed by atoms with van der Waals surface area (Å²) in [6.45, 7) is 3.99. The molecule has 4 nitrogen and oxygen atoms in total. The fraction of sp³-hybridized carbons (Fsp3) is 0.267.